The Kier molecular flexibility index (Phi) is 8.41. The molecule has 0 bridgehead atoms. The van der Waals surface area contributed by atoms with Gasteiger partial charge in [-0.15, -0.1) is 0 Å². The molecule has 4 heterocycles. The van der Waals surface area contributed by atoms with E-state index in [4.69, 9.17) is 23.9 Å². The van der Waals surface area contributed by atoms with Crippen molar-refractivity contribution >= 4 is 35.6 Å². The summed E-state index contributed by atoms with van der Waals surface area (Å²) in [6, 6.07) is 15.4. The first-order chi connectivity index (χ1) is 23.3. The molecule has 2 amide bonds. The number of carbonyl (C=O) groups is 2. The third kappa shape index (κ3) is 5.69. The molecule has 0 radical (unpaired) electrons. The highest BCUT2D eigenvalue weighted by molar-refractivity contribution is 6.05. The highest BCUT2D eigenvalue weighted by Crippen LogP contribution is 2.42. The molecule has 1 fully saturated rings. The number of rotatable bonds is 8. The van der Waals surface area contributed by atoms with Crippen LogP contribution in [0.4, 0.5) is 11.4 Å². The zero-order valence-corrected chi connectivity index (χ0v) is 27.8. The molecule has 3 aromatic rings. The average Bonchev–Trinajstić information content (AvgIpc) is 3.41. The van der Waals surface area contributed by atoms with Crippen LogP contribution in [0.15, 0.2) is 70.2 Å². The van der Waals surface area contributed by atoms with Crippen LogP contribution in [0.5, 0.6) is 23.0 Å². The first-order valence-corrected chi connectivity index (χ1v) is 16.4. The number of benzene rings is 3. The minimum Gasteiger partial charge on any atom is -0.493 e. The number of amides is 2. The molecule has 0 spiro atoms. The number of carbonyl (C=O) groups excluding carboxylic acids is 2. The highest BCUT2D eigenvalue weighted by atomic mass is 16.5. The van der Waals surface area contributed by atoms with Gasteiger partial charge in [-0.3, -0.25) is 19.6 Å². The van der Waals surface area contributed by atoms with Gasteiger partial charge in [-0.25, -0.2) is 0 Å². The van der Waals surface area contributed by atoms with E-state index < -0.39 is 5.54 Å². The van der Waals surface area contributed by atoms with Gasteiger partial charge in [-0.1, -0.05) is 35.9 Å². The molecule has 3 aromatic carbocycles. The van der Waals surface area contributed by atoms with Gasteiger partial charge >= 0.3 is 0 Å². The summed E-state index contributed by atoms with van der Waals surface area (Å²) in [5.74, 6) is 1.83. The van der Waals surface area contributed by atoms with Crippen LogP contribution >= 0.6 is 0 Å². The molecule has 7 rings (SSSR count). The van der Waals surface area contributed by atoms with Crippen LogP contribution in [0.25, 0.3) is 0 Å². The Hall–Kier alpha value is -5.12. The third-order valence-electron chi connectivity index (χ3n) is 9.75. The maximum Gasteiger partial charge on any atom is 0.257 e. The Morgan fingerprint density at radius 2 is 1.50 bits per heavy atom. The molecule has 0 aromatic heterocycles. The quantitative estimate of drug-likeness (QED) is 0.204. The predicted molar refractivity (Wildman–Crippen MR) is 184 cm³/mol. The van der Waals surface area contributed by atoms with Crippen LogP contribution in [0.2, 0.25) is 0 Å². The van der Waals surface area contributed by atoms with E-state index in [1.54, 1.807) is 38.5 Å². The minimum absolute atomic E-state index is 0.0580. The first kappa shape index (κ1) is 31.5. The molecule has 2 atom stereocenters. The van der Waals surface area contributed by atoms with Gasteiger partial charge in [0.15, 0.2) is 23.0 Å². The Balaban J connectivity index is 1.02. The Labute approximate surface area is 280 Å². The van der Waals surface area contributed by atoms with Crippen molar-refractivity contribution in [2.24, 2.45) is 9.98 Å². The number of ether oxygens (including phenoxy) is 4. The van der Waals surface area contributed by atoms with Gasteiger partial charge in [0.25, 0.3) is 11.8 Å². The van der Waals surface area contributed by atoms with Crippen molar-refractivity contribution in [2.75, 3.05) is 34.0 Å². The lowest BCUT2D eigenvalue weighted by molar-refractivity contribution is 0.0645. The lowest BCUT2D eigenvalue weighted by Gasteiger charge is -2.37. The lowest BCUT2D eigenvalue weighted by Crippen LogP contribution is -2.45. The molecular formula is C38H40N4O6. The molecule has 1 saturated heterocycles. The first-order valence-electron chi connectivity index (χ1n) is 16.4. The largest absolute Gasteiger partial charge is 0.493 e. The zero-order chi connectivity index (χ0) is 33.4. The lowest BCUT2D eigenvalue weighted by atomic mass is 9.91. The SMILES string of the molecule is C/C=C1\CN2C(=O)c3cc(OC)c(OCCCOc4cc5c(cc4OC)C(=O)N4Cc6ccccc6C[C@@H]4C/C=N\5)cc3N=C[C@]2(C)C1. The summed E-state index contributed by atoms with van der Waals surface area (Å²) in [4.78, 5) is 40.6. The van der Waals surface area contributed by atoms with E-state index in [9.17, 15) is 9.59 Å². The summed E-state index contributed by atoms with van der Waals surface area (Å²) in [6.45, 7) is 5.87. The van der Waals surface area contributed by atoms with Crippen LogP contribution < -0.4 is 18.9 Å². The van der Waals surface area contributed by atoms with Gasteiger partial charge in [-0.2, -0.15) is 0 Å². The number of allylic oxidation sites excluding steroid dienone is 1. The van der Waals surface area contributed by atoms with E-state index in [0.29, 0.717) is 84.6 Å². The molecule has 4 aliphatic rings. The van der Waals surface area contributed by atoms with Gasteiger partial charge in [-0.05, 0) is 49.9 Å². The average molecular weight is 649 g/mol. The molecule has 0 N–H and O–H groups in total. The fraction of sp³-hybridized carbons (Fsp3) is 0.368. The Morgan fingerprint density at radius 1 is 0.854 bits per heavy atom. The molecule has 248 valence electrons. The maximum absolute atomic E-state index is 13.8. The summed E-state index contributed by atoms with van der Waals surface area (Å²) in [7, 11) is 3.13. The molecule has 0 aliphatic carbocycles. The van der Waals surface area contributed by atoms with E-state index >= 15 is 0 Å². The number of aliphatic imine (C=N–C) groups is 2. The van der Waals surface area contributed by atoms with Gasteiger partial charge < -0.3 is 28.7 Å². The smallest absolute Gasteiger partial charge is 0.257 e. The molecule has 0 unspecified atom stereocenters. The van der Waals surface area contributed by atoms with Crippen LogP contribution in [0.3, 0.4) is 0 Å². The van der Waals surface area contributed by atoms with E-state index in [0.717, 1.165) is 12.8 Å². The predicted octanol–water partition coefficient (Wildman–Crippen LogP) is 6.49. The van der Waals surface area contributed by atoms with Crippen LogP contribution in [-0.2, 0) is 13.0 Å². The van der Waals surface area contributed by atoms with Crippen molar-refractivity contribution in [1.82, 2.24) is 9.80 Å². The molecule has 48 heavy (non-hydrogen) atoms. The third-order valence-corrected chi connectivity index (χ3v) is 9.75. The van der Waals surface area contributed by atoms with Gasteiger partial charge in [0, 0.05) is 56.5 Å². The number of hydrogen-bond acceptors (Lipinski definition) is 8. The number of nitrogens with zero attached hydrogens (tertiary/aromatic N) is 4. The normalized spacial score (nSPS) is 22.4. The summed E-state index contributed by atoms with van der Waals surface area (Å²) >= 11 is 0. The molecule has 4 aliphatic heterocycles. The fourth-order valence-electron chi connectivity index (χ4n) is 7.05. The summed E-state index contributed by atoms with van der Waals surface area (Å²) < 4.78 is 23.5. The second-order valence-corrected chi connectivity index (χ2v) is 12.8. The zero-order valence-electron chi connectivity index (χ0n) is 27.8. The highest BCUT2D eigenvalue weighted by Gasteiger charge is 2.43. The van der Waals surface area contributed by atoms with Crippen molar-refractivity contribution in [1.29, 1.82) is 0 Å². The van der Waals surface area contributed by atoms with E-state index in [1.807, 2.05) is 48.2 Å². The number of hydrogen-bond donors (Lipinski definition) is 0. The number of fused-ring (bicyclic) bond motifs is 5. The fourth-order valence-corrected chi connectivity index (χ4v) is 7.05. The summed E-state index contributed by atoms with van der Waals surface area (Å²) in [5, 5.41) is 0. The van der Waals surface area contributed by atoms with Crippen molar-refractivity contribution in [2.45, 2.75) is 57.7 Å². The summed E-state index contributed by atoms with van der Waals surface area (Å²) in [6.07, 6.45) is 8.65. The maximum atomic E-state index is 13.8. The van der Waals surface area contributed by atoms with Crippen LogP contribution in [0.1, 0.15) is 65.0 Å². The van der Waals surface area contributed by atoms with Crippen molar-refractivity contribution in [3.63, 3.8) is 0 Å². The molecule has 0 saturated carbocycles. The van der Waals surface area contributed by atoms with E-state index in [1.165, 1.54) is 16.7 Å². The monoisotopic (exact) mass is 648 g/mol. The van der Waals surface area contributed by atoms with Gasteiger partial charge in [0.1, 0.15) is 0 Å². The van der Waals surface area contributed by atoms with Crippen LogP contribution in [0, 0.1) is 0 Å². The Morgan fingerprint density at radius 3 is 2.17 bits per heavy atom. The summed E-state index contributed by atoms with van der Waals surface area (Å²) in [5.41, 5.74) is 5.32. The van der Waals surface area contributed by atoms with Crippen molar-refractivity contribution in [3.05, 3.63) is 82.4 Å². The van der Waals surface area contributed by atoms with E-state index in [2.05, 4.69) is 23.2 Å². The Bertz CT molecular complexity index is 1870. The minimum atomic E-state index is -0.472. The number of methoxy groups -OCH3 is 2. The van der Waals surface area contributed by atoms with E-state index in [-0.39, 0.29) is 17.9 Å². The van der Waals surface area contributed by atoms with Crippen LogP contribution in [-0.4, -0.2) is 79.6 Å². The topological polar surface area (TPSA) is 102 Å². The second-order valence-electron chi connectivity index (χ2n) is 12.8. The molecular weight excluding hydrogens is 608 g/mol. The molecule has 10 nitrogen and oxygen atoms in total. The second kappa shape index (κ2) is 12.8. The van der Waals surface area contributed by atoms with Crippen molar-refractivity contribution in [3.8, 4) is 23.0 Å². The van der Waals surface area contributed by atoms with Crippen molar-refractivity contribution < 1.29 is 28.5 Å². The molecule has 10 heteroatoms. The standard InChI is InChI=1S/C38H40N4O6/c1-5-24-20-38(2)23-40-31-19-35(33(46-4)17-29(31)37(44)42(38)21-24)48-14-8-13-47-34-18-30-28(16-32(34)45-3)36(43)41-22-26-10-7-6-9-25(26)15-27(41)11-12-39-30/h5-7,9-10,12,16-19,23,27H,8,11,13-15,20-22H2,1-4H3/b24-5-,39-12-/t27-,38-/m0/s1. The van der Waals surface area contributed by atoms with Gasteiger partial charge in [0.05, 0.1) is 55.5 Å². The van der Waals surface area contributed by atoms with Gasteiger partial charge in [0.2, 0.25) is 0 Å².